The molecule has 3 rings (SSSR count). The highest BCUT2D eigenvalue weighted by Crippen LogP contribution is 2.41. The highest BCUT2D eigenvalue weighted by atomic mass is 35.5. The molecule has 1 aromatic rings. The number of benzene rings is 1. The van der Waals surface area contributed by atoms with Crippen molar-refractivity contribution in [2.24, 2.45) is 5.41 Å². The summed E-state index contributed by atoms with van der Waals surface area (Å²) in [6.45, 7) is 5.41. The average molecular weight is 310 g/mol. The first-order valence-corrected chi connectivity index (χ1v) is 8.39. The Morgan fingerprint density at radius 2 is 1.95 bits per heavy atom. The Morgan fingerprint density at radius 3 is 2.71 bits per heavy atom. The topological polar surface area (TPSA) is 30.5 Å². The fourth-order valence-corrected chi connectivity index (χ4v) is 3.81. The zero-order chi connectivity index (χ0) is 14.7. The molecule has 0 bridgehead atoms. The second-order valence-corrected chi connectivity index (χ2v) is 6.67. The van der Waals surface area contributed by atoms with Crippen LogP contribution in [-0.4, -0.2) is 19.8 Å². The van der Waals surface area contributed by atoms with Gasteiger partial charge in [0, 0.05) is 13.1 Å². The van der Waals surface area contributed by atoms with Gasteiger partial charge in [-0.3, -0.25) is 0 Å². The van der Waals surface area contributed by atoms with Crippen LogP contribution in [0.3, 0.4) is 0 Å². The Balaban J connectivity index is 1.61. The molecule has 2 aliphatic rings. The van der Waals surface area contributed by atoms with Gasteiger partial charge in [-0.25, -0.2) is 0 Å². The van der Waals surface area contributed by atoms with Crippen LogP contribution in [0.25, 0.3) is 0 Å². The van der Waals surface area contributed by atoms with Crippen molar-refractivity contribution in [2.75, 3.05) is 19.8 Å². The van der Waals surface area contributed by atoms with Gasteiger partial charge < -0.3 is 14.8 Å². The van der Waals surface area contributed by atoms with Gasteiger partial charge in [0.15, 0.2) is 11.5 Å². The minimum atomic E-state index is 0.512. The molecule has 3 nitrogen and oxygen atoms in total. The van der Waals surface area contributed by atoms with Crippen molar-refractivity contribution in [1.82, 2.24) is 5.32 Å². The standard InChI is InChI=1S/C17H24ClNO2/c1-2-17(5-3-4-6-17)12-19-11-13-9-14(18)16-15(10-13)20-7-8-21-16/h9-10,19H,2-8,11-12H2,1H3. The Hall–Kier alpha value is -0.930. The van der Waals surface area contributed by atoms with E-state index in [0.29, 0.717) is 29.4 Å². The SMILES string of the molecule is CCC1(CNCc2cc(Cl)c3c(c2)OCCO3)CCCC1. The first-order valence-electron chi connectivity index (χ1n) is 8.01. The Kier molecular flexibility index (Phi) is 4.60. The molecule has 1 aliphatic heterocycles. The van der Waals surface area contributed by atoms with Gasteiger partial charge in [0.1, 0.15) is 13.2 Å². The van der Waals surface area contributed by atoms with E-state index in [1.54, 1.807) is 0 Å². The maximum Gasteiger partial charge on any atom is 0.179 e. The molecule has 1 N–H and O–H groups in total. The predicted octanol–water partition coefficient (Wildman–Crippen LogP) is 4.17. The number of nitrogens with one attached hydrogen (secondary N) is 1. The van der Waals surface area contributed by atoms with E-state index in [1.165, 1.54) is 32.1 Å². The van der Waals surface area contributed by atoms with E-state index >= 15 is 0 Å². The normalized spacial score (nSPS) is 19.7. The molecule has 0 radical (unpaired) electrons. The number of hydrogen-bond acceptors (Lipinski definition) is 3. The lowest BCUT2D eigenvalue weighted by atomic mass is 9.83. The van der Waals surface area contributed by atoms with Crippen LogP contribution >= 0.6 is 11.6 Å². The van der Waals surface area contributed by atoms with Crippen LogP contribution in [0, 0.1) is 5.41 Å². The van der Waals surface area contributed by atoms with E-state index in [1.807, 2.05) is 12.1 Å². The van der Waals surface area contributed by atoms with E-state index in [4.69, 9.17) is 21.1 Å². The maximum atomic E-state index is 6.28. The lowest BCUT2D eigenvalue weighted by Crippen LogP contribution is -2.31. The summed E-state index contributed by atoms with van der Waals surface area (Å²) >= 11 is 6.28. The third-order valence-corrected chi connectivity index (χ3v) is 5.18. The lowest BCUT2D eigenvalue weighted by molar-refractivity contribution is 0.171. The summed E-state index contributed by atoms with van der Waals surface area (Å²) in [4.78, 5) is 0. The first-order chi connectivity index (χ1) is 10.2. The Bertz CT molecular complexity index is 498. The molecule has 1 aliphatic carbocycles. The molecule has 4 heteroatoms. The highest BCUT2D eigenvalue weighted by molar-refractivity contribution is 6.32. The average Bonchev–Trinajstić information content (AvgIpc) is 2.97. The van der Waals surface area contributed by atoms with Crippen LogP contribution in [0.15, 0.2) is 12.1 Å². The fourth-order valence-electron chi connectivity index (χ4n) is 3.52. The van der Waals surface area contributed by atoms with Crippen molar-refractivity contribution in [3.8, 4) is 11.5 Å². The van der Waals surface area contributed by atoms with Crippen LogP contribution in [0.5, 0.6) is 11.5 Å². The van der Waals surface area contributed by atoms with E-state index < -0.39 is 0 Å². The molecule has 21 heavy (non-hydrogen) atoms. The van der Waals surface area contributed by atoms with E-state index in [-0.39, 0.29) is 0 Å². The molecule has 0 atom stereocenters. The van der Waals surface area contributed by atoms with Gasteiger partial charge in [-0.15, -0.1) is 0 Å². The summed E-state index contributed by atoms with van der Waals surface area (Å²) in [6, 6.07) is 4.02. The number of rotatable bonds is 5. The summed E-state index contributed by atoms with van der Waals surface area (Å²) in [6.07, 6.45) is 6.75. The minimum absolute atomic E-state index is 0.512. The summed E-state index contributed by atoms with van der Waals surface area (Å²) in [5, 5.41) is 4.26. The molecule has 1 saturated carbocycles. The molecule has 1 heterocycles. The van der Waals surface area contributed by atoms with Gasteiger partial charge in [0.05, 0.1) is 5.02 Å². The molecule has 0 amide bonds. The molecule has 1 fully saturated rings. The molecule has 0 spiro atoms. The van der Waals surface area contributed by atoms with Crippen LogP contribution in [0.4, 0.5) is 0 Å². The number of halogens is 1. The van der Waals surface area contributed by atoms with E-state index in [2.05, 4.69) is 12.2 Å². The molecule has 0 unspecified atom stereocenters. The quantitative estimate of drug-likeness (QED) is 0.885. The molecule has 1 aromatic carbocycles. The number of ether oxygens (including phenoxy) is 2. The molecule has 116 valence electrons. The van der Waals surface area contributed by atoms with Gasteiger partial charge in [0.25, 0.3) is 0 Å². The minimum Gasteiger partial charge on any atom is -0.486 e. The van der Waals surface area contributed by atoms with E-state index in [9.17, 15) is 0 Å². The summed E-state index contributed by atoms with van der Waals surface area (Å²) < 4.78 is 11.2. The van der Waals surface area contributed by atoms with Crippen molar-refractivity contribution in [3.05, 3.63) is 22.7 Å². The highest BCUT2D eigenvalue weighted by Gasteiger charge is 2.31. The predicted molar refractivity (Wildman–Crippen MR) is 85.3 cm³/mol. The van der Waals surface area contributed by atoms with Gasteiger partial charge in [-0.1, -0.05) is 31.4 Å². The van der Waals surface area contributed by atoms with Gasteiger partial charge >= 0.3 is 0 Å². The Morgan fingerprint density at radius 1 is 1.19 bits per heavy atom. The van der Waals surface area contributed by atoms with Crippen LogP contribution in [0.1, 0.15) is 44.6 Å². The molecule has 0 saturated heterocycles. The van der Waals surface area contributed by atoms with Crippen molar-refractivity contribution >= 4 is 11.6 Å². The maximum absolute atomic E-state index is 6.28. The van der Waals surface area contributed by atoms with Crippen molar-refractivity contribution < 1.29 is 9.47 Å². The van der Waals surface area contributed by atoms with Crippen LogP contribution < -0.4 is 14.8 Å². The van der Waals surface area contributed by atoms with Crippen molar-refractivity contribution in [1.29, 1.82) is 0 Å². The number of hydrogen-bond donors (Lipinski definition) is 1. The summed E-state index contributed by atoms with van der Waals surface area (Å²) in [5.41, 5.74) is 1.67. The van der Waals surface area contributed by atoms with Crippen molar-refractivity contribution in [3.63, 3.8) is 0 Å². The van der Waals surface area contributed by atoms with Crippen LogP contribution in [-0.2, 0) is 6.54 Å². The van der Waals surface area contributed by atoms with Gasteiger partial charge in [-0.2, -0.15) is 0 Å². The second kappa shape index (κ2) is 6.45. The van der Waals surface area contributed by atoms with Crippen LogP contribution in [0.2, 0.25) is 5.02 Å². The van der Waals surface area contributed by atoms with Gasteiger partial charge in [0.2, 0.25) is 0 Å². The second-order valence-electron chi connectivity index (χ2n) is 6.27. The lowest BCUT2D eigenvalue weighted by Gasteiger charge is -2.28. The van der Waals surface area contributed by atoms with Crippen molar-refractivity contribution in [2.45, 2.75) is 45.6 Å². The van der Waals surface area contributed by atoms with Gasteiger partial charge in [-0.05, 0) is 42.4 Å². The zero-order valence-corrected chi connectivity index (χ0v) is 13.5. The molecular weight excluding hydrogens is 286 g/mol. The molecule has 0 aromatic heterocycles. The fraction of sp³-hybridized carbons (Fsp3) is 0.647. The summed E-state index contributed by atoms with van der Waals surface area (Å²) in [7, 11) is 0. The smallest absolute Gasteiger partial charge is 0.179 e. The molecular formula is C17H24ClNO2. The third-order valence-electron chi connectivity index (χ3n) is 4.90. The Labute approximate surface area is 132 Å². The number of fused-ring (bicyclic) bond motifs is 1. The largest absolute Gasteiger partial charge is 0.486 e. The third kappa shape index (κ3) is 3.29. The zero-order valence-electron chi connectivity index (χ0n) is 12.7. The summed E-state index contributed by atoms with van der Waals surface area (Å²) in [5.74, 6) is 1.46. The first kappa shape index (κ1) is 15.0. The monoisotopic (exact) mass is 309 g/mol. The van der Waals surface area contributed by atoms with E-state index in [0.717, 1.165) is 24.4 Å².